The highest BCUT2D eigenvalue weighted by Crippen LogP contribution is 2.35. The number of carbonyl (C=O) groups is 1. The number of anilines is 1. The molecule has 138 valence electrons. The Morgan fingerprint density at radius 3 is 2.54 bits per heavy atom. The first kappa shape index (κ1) is 17.7. The predicted molar refractivity (Wildman–Crippen MR) is 103 cm³/mol. The molecule has 1 unspecified atom stereocenters. The molecule has 0 N–H and O–H groups in total. The van der Waals surface area contributed by atoms with Crippen molar-refractivity contribution in [1.29, 1.82) is 0 Å². The maximum atomic E-state index is 14.4. The minimum atomic E-state index is -0.840. The van der Waals surface area contributed by atoms with Crippen molar-refractivity contribution >= 4 is 23.1 Å². The van der Waals surface area contributed by atoms with Crippen LogP contribution in [0.3, 0.4) is 0 Å². The number of hydrogen-bond donors (Lipinski definition) is 0. The predicted octanol–water partition coefficient (Wildman–Crippen LogP) is 4.27. The van der Waals surface area contributed by atoms with Crippen LogP contribution in [0.1, 0.15) is 11.3 Å². The zero-order valence-corrected chi connectivity index (χ0v) is 14.7. The third kappa shape index (κ3) is 3.32. The summed E-state index contributed by atoms with van der Waals surface area (Å²) in [4.78, 5) is 21.6. The van der Waals surface area contributed by atoms with Gasteiger partial charge in [-0.25, -0.2) is 9.37 Å². The highest BCUT2D eigenvalue weighted by atomic mass is 19.1. The van der Waals surface area contributed by atoms with Gasteiger partial charge < -0.3 is 9.69 Å². The van der Waals surface area contributed by atoms with Crippen molar-refractivity contribution in [2.45, 2.75) is 6.04 Å². The molecule has 0 bridgehead atoms. The second-order valence-corrected chi connectivity index (χ2v) is 6.21. The second kappa shape index (κ2) is 7.52. The molecule has 0 aliphatic carbocycles. The molecule has 1 aliphatic heterocycles. The van der Waals surface area contributed by atoms with Gasteiger partial charge in [0, 0.05) is 35.4 Å². The molecular formula is C22H15F2N3O. The van der Waals surface area contributed by atoms with Gasteiger partial charge in [-0.15, -0.1) is 0 Å². The summed E-state index contributed by atoms with van der Waals surface area (Å²) >= 11 is 0. The summed E-state index contributed by atoms with van der Waals surface area (Å²) in [6, 6.07) is 13.7. The van der Waals surface area contributed by atoms with Crippen LogP contribution in [0.2, 0.25) is 0 Å². The fourth-order valence-electron chi connectivity index (χ4n) is 3.19. The Morgan fingerprint density at radius 2 is 1.82 bits per heavy atom. The van der Waals surface area contributed by atoms with Crippen LogP contribution in [0.25, 0.3) is 11.1 Å². The number of carbonyl (C=O) groups excluding carboxylic acids is 1. The third-order valence-corrected chi connectivity index (χ3v) is 4.47. The number of rotatable bonds is 4. The van der Waals surface area contributed by atoms with E-state index in [1.807, 2.05) is 12.1 Å². The summed E-state index contributed by atoms with van der Waals surface area (Å²) in [5, 5.41) is 0. The average molecular weight is 375 g/mol. The largest absolute Gasteiger partial charge is 0.333 e. The number of allylic oxidation sites excluding steroid dienone is 2. The van der Waals surface area contributed by atoms with E-state index in [0.29, 0.717) is 28.8 Å². The summed E-state index contributed by atoms with van der Waals surface area (Å²) < 4.78 is 28.3. The molecule has 4 nitrogen and oxygen atoms in total. The van der Waals surface area contributed by atoms with Crippen LogP contribution in [0, 0.1) is 11.8 Å². The molecule has 0 saturated carbocycles. The van der Waals surface area contributed by atoms with Gasteiger partial charge in [0.05, 0.1) is 5.69 Å². The van der Waals surface area contributed by atoms with Gasteiger partial charge in [0.2, 0.25) is 5.95 Å². The second-order valence-electron chi connectivity index (χ2n) is 6.21. The highest BCUT2D eigenvalue weighted by Gasteiger charge is 2.29. The number of halogens is 2. The minimum Gasteiger partial charge on any atom is -0.333 e. The summed E-state index contributed by atoms with van der Waals surface area (Å²) in [5.41, 5.74) is 2.42. The van der Waals surface area contributed by atoms with Gasteiger partial charge in [-0.05, 0) is 54.1 Å². The monoisotopic (exact) mass is 375 g/mol. The SMILES string of the molecule is O=CC1C(c2cccnc2F)=CC(c2ccccn2)=CN1c1cccc(F)c1. The van der Waals surface area contributed by atoms with Crippen LogP contribution in [0.5, 0.6) is 0 Å². The van der Waals surface area contributed by atoms with Crippen molar-refractivity contribution in [3.63, 3.8) is 0 Å². The number of nitrogens with zero attached hydrogens (tertiary/aromatic N) is 3. The summed E-state index contributed by atoms with van der Waals surface area (Å²) in [6.45, 7) is 0. The van der Waals surface area contributed by atoms with Crippen molar-refractivity contribution in [1.82, 2.24) is 9.97 Å². The Bertz CT molecular complexity index is 1080. The number of aromatic nitrogens is 2. The molecule has 0 saturated heterocycles. The van der Waals surface area contributed by atoms with Crippen molar-refractivity contribution in [2.75, 3.05) is 4.90 Å². The molecular weight excluding hydrogens is 360 g/mol. The Kier molecular flexibility index (Phi) is 4.76. The van der Waals surface area contributed by atoms with Gasteiger partial charge in [0.15, 0.2) is 0 Å². The minimum absolute atomic E-state index is 0.211. The Morgan fingerprint density at radius 1 is 0.964 bits per heavy atom. The molecule has 28 heavy (non-hydrogen) atoms. The smallest absolute Gasteiger partial charge is 0.220 e. The van der Waals surface area contributed by atoms with Crippen LogP contribution in [-0.4, -0.2) is 22.3 Å². The molecule has 0 fully saturated rings. The van der Waals surface area contributed by atoms with E-state index in [1.165, 1.54) is 18.3 Å². The van der Waals surface area contributed by atoms with E-state index in [2.05, 4.69) is 9.97 Å². The molecule has 0 radical (unpaired) electrons. The number of benzene rings is 1. The van der Waals surface area contributed by atoms with E-state index in [0.717, 1.165) is 0 Å². The number of aldehydes is 1. The molecule has 1 atom stereocenters. The van der Waals surface area contributed by atoms with E-state index in [4.69, 9.17) is 0 Å². The lowest BCUT2D eigenvalue weighted by Crippen LogP contribution is -2.36. The molecule has 3 aromatic rings. The quantitative estimate of drug-likeness (QED) is 0.505. The lowest BCUT2D eigenvalue weighted by molar-refractivity contribution is -0.107. The first-order chi connectivity index (χ1) is 13.7. The maximum absolute atomic E-state index is 14.4. The fraction of sp³-hybridized carbons (Fsp3) is 0.0455. The maximum Gasteiger partial charge on any atom is 0.220 e. The van der Waals surface area contributed by atoms with Gasteiger partial charge in [-0.3, -0.25) is 4.98 Å². The standard InChI is InChI=1S/C22H15F2N3O/c23-16-5-3-6-17(12-16)27-13-15(20-8-1-2-9-25-20)11-19(21(27)14-28)18-7-4-10-26-22(18)24/h1-14,21H. The van der Waals surface area contributed by atoms with Crippen molar-refractivity contribution in [3.05, 3.63) is 102 Å². The van der Waals surface area contributed by atoms with Crippen LogP contribution in [-0.2, 0) is 4.79 Å². The molecule has 0 spiro atoms. The average Bonchev–Trinajstić information content (AvgIpc) is 2.74. The highest BCUT2D eigenvalue weighted by molar-refractivity contribution is 5.98. The summed E-state index contributed by atoms with van der Waals surface area (Å²) in [5.74, 6) is -1.11. The van der Waals surface area contributed by atoms with Gasteiger partial charge in [-0.2, -0.15) is 4.39 Å². The normalized spacial score (nSPS) is 16.4. The van der Waals surface area contributed by atoms with Crippen LogP contribution >= 0.6 is 0 Å². The van der Waals surface area contributed by atoms with Crippen molar-refractivity contribution < 1.29 is 13.6 Å². The zero-order chi connectivity index (χ0) is 19.5. The lowest BCUT2D eigenvalue weighted by atomic mass is 9.92. The number of pyridine rings is 2. The molecule has 0 amide bonds. The van der Waals surface area contributed by atoms with Crippen molar-refractivity contribution in [2.24, 2.45) is 0 Å². The Labute approximate surface area is 160 Å². The van der Waals surface area contributed by atoms with E-state index >= 15 is 0 Å². The van der Waals surface area contributed by atoms with Crippen LogP contribution < -0.4 is 4.90 Å². The fourth-order valence-corrected chi connectivity index (χ4v) is 3.19. The molecule has 2 aromatic heterocycles. The van der Waals surface area contributed by atoms with E-state index in [9.17, 15) is 13.6 Å². The molecule has 4 rings (SSSR count). The molecule has 3 heterocycles. The van der Waals surface area contributed by atoms with Crippen molar-refractivity contribution in [3.8, 4) is 0 Å². The van der Waals surface area contributed by atoms with E-state index in [1.54, 1.807) is 53.7 Å². The lowest BCUT2D eigenvalue weighted by Gasteiger charge is -2.33. The first-order valence-electron chi connectivity index (χ1n) is 8.62. The summed E-state index contributed by atoms with van der Waals surface area (Å²) in [7, 11) is 0. The van der Waals surface area contributed by atoms with Gasteiger partial charge in [0.1, 0.15) is 18.1 Å². The van der Waals surface area contributed by atoms with Gasteiger partial charge in [-0.1, -0.05) is 12.1 Å². The topological polar surface area (TPSA) is 46.1 Å². The molecule has 1 aliphatic rings. The zero-order valence-electron chi connectivity index (χ0n) is 14.7. The Hall–Kier alpha value is -3.67. The Balaban J connectivity index is 1.91. The first-order valence-corrected chi connectivity index (χ1v) is 8.62. The molecule has 1 aromatic carbocycles. The summed E-state index contributed by atoms with van der Waals surface area (Å²) in [6.07, 6.45) is 7.13. The van der Waals surface area contributed by atoms with Crippen LogP contribution in [0.4, 0.5) is 14.5 Å². The van der Waals surface area contributed by atoms with E-state index in [-0.39, 0.29) is 5.56 Å². The number of hydrogen-bond acceptors (Lipinski definition) is 4. The van der Waals surface area contributed by atoms with Gasteiger partial charge >= 0.3 is 0 Å². The third-order valence-electron chi connectivity index (χ3n) is 4.47. The molecule has 6 heteroatoms. The van der Waals surface area contributed by atoms with Crippen LogP contribution in [0.15, 0.2) is 79.3 Å². The van der Waals surface area contributed by atoms with E-state index < -0.39 is 17.8 Å². The van der Waals surface area contributed by atoms with Gasteiger partial charge in [0.25, 0.3) is 0 Å².